The molecule has 5 nitrogen and oxygen atoms in total. The number of carbonyl (C=O) groups is 2. The maximum atomic E-state index is 12.3. The van der Waals surface area contributed by atoms with Gasteiger partial charge < -0.3 is 10.1 Å². The lowest BCUT2D eigenvalue weighted by molar-refractivity contribution is -0.128. The van der Waals surface area contributed by atoms with Crippen LogP contribution in [0.5, 0.6) is 5.75 Å². The molecule has 0 aromatic heterocycles. The maximum Gasteiger partial charge on any atom is 0.325 e. The van der Waals surface area contributed by atoms with Crippen molar-refractivity contribution in [3.05, 3.63) is 28.2 Å². The molecule has 1 saturated heterocycles. The molecule has 0 saturated carbocycles. The summed E-state index contributed by atoms with van der Waals surface area (Å²) in [4.78, 5) is 25.6. The molecule has 6 heteroatoms. The van der Waals surface area contributed by atoms with Gasteiger partial charge in [-0.1, -0.05) is 29.8 Å². The third-order valence-corrected chi connectivity index (χ3v) is 3.88. The van der Waals surface area contributed by atoms with Crippen molar-refractivity contribution in [2.24, 2.45) is 5.92 Å². The van der Waals surface area contributed by atoms with E-state index in [1.807, 2.05) is 32.0 Å². The number of halogens is 1. The van der Waals surface area contributed by atoms with Crippen molar-refractivity contribution in [2.75, 3.05) is 7.11 Å². The average Bonchev–Trinajstić information content (AvgIpc) is 2.66. The predicted molar refractivity (Wildman–Crippen MR) is 83.0 cm³/mol. The number of carbonyl (C=O) groups excluding carboxylic acids is 2. The Hall–Kier alpha value is -1.56. The third-order valence-electron chi connectivity index (χ3n) is 3.38. The Morgan fingerprint density at radius 3 is 2.71 bits per heavy atom. The van der Waals surface area contributed by atoms with E-state index >= 15 is 0 Å². The normalized spacial score (nSPS) is 18.3. The number of rotatable bonds is 5. The smallest absolute Gasteiger partial charge is 0.325 e. The zero-order valence-corrected chi connectivity index (χ0v) is 13.9. The van der Waals surface area contributed by atoms with Crippen molar-refractivity contribution >= 4 is 27.9 Å². The Bertz CT molecular complexity index is 560. The molecule has 0 radical (unpaired) electrons. The Balaban J connectivity index is 2.18. The Morgan fingerprint density at radius 2 is 2.10 bits per heavy atom. The Morgan fingerprint density at radius 1 is 1.38 bits per heavy atom. The third kappa shape index (κ3) is 3.56. The van der Waals surface area contributed by atoms with Gasteiger partial charge in [0.1, 0.15) is 11.8 Å². The van der Waals surface area contributed by atoms with Crippen LogP contribution in [0.3, 0.4) is 0 Å². The number of amides is 3. The minimum absolute atomic E-state index is 0.171. The summed E-state index contributed by atoms with van der Waals surface area (Å²) in [5, 5.41) is 2.74. The molecule has 3 amide bonds. The Kier molecular flexibility index (Phi) is 4.88. The largest absolute Gasteiger partial charge is 0.496 e. The lowest BCUT2D eigenvalue weighted by Gasteiger charge is -2.16. The van der Waals surface area contributed by atoms with Gasteiger partial charge in [-0.3, -0.25) is 9.69 Å². The van der Waals surface area contributed by atoms with E-state index in [4.69, 9.17) is 4.74 Å². The number of nitrogens with zero attached hydrogens (tertiary/aromatic N) is 1. The van der Waals surface area contributed by atoms with Gasteiger partial charge in [-0.2, -0.15) is 0 Å². The van der Waals surface area contributed by atoms with Gasteiger partial charge in [0.25, 0.3) is 5.91 Å². The van der Waals surface area contributed by atoms with Crippen LogP contribution in [0.15, 0.2) is 22.7 Å². The van der Waals surface area contributed by atoms with Gasteiger partial charge in [0.2, 0.25) is 0 Å². The molecular weight excluding hydrogens is 336 g/mol. The van der Waals surface area contributed by atoms with Crippen LogP contribution in [0.1, 0.15) is 25.8 Å². The molecule has 1 aromatic rings. The summed E-state index contributed by atoms with van der Waals surface area (Å²) in [5.74, 6) is 0.835. The maximum absolute atomic E-state index is 12.3. The highest BCUT2D eigenvalue weighted by molar-refractivity contribution is 9.10. The first kappa shape index (κ1) is 15.8. The van der Waals surface area contributed by atoms with Gasteiger partial charge >= 0.3 is 6.03 Å². The lowest BCUT2D eigenvalue weighted by atomic mass is 10.0. The molecule has 1 atom stereocenters. The van der Waals surface area contributed by atoms with Crippen molar-refractivity contribution in [1.29, 1.82) is 0 Å². The molecular formula is C15H19BrN2O3. The van der Waals surface area contributed by atoms with E-state index in [0.29, 0.717) is 18.1 Å². The van der Waals surface area contributed by atoms with Crippen LogP contribution in [0.25, 0.3) is 0 Å². The zero-order chi connectivity index (χ0) is 15.6. The molecule has 1 aromatic carbocycles. The van der Waals surface area contributed by atoms with E-state index in [9.17, 15) is 9.59 Å². The molecule has 1 aliphatic heterocycles. The molecule has 114 valence electrons. The van der Waals surface area contributed by atoms with Crippen LogP contribution in [-0.4, -0.2) is 30.0 Å². The second kappa shape index (κ2) is 6.47. The van der Waals surface area contributed by atoms with E-state index in [-0.39, 0.29) is 18.5 Å². The van der Waals surface area contributed by atoms with Crippen molar-refractivity contribution < 1.29 is 14.3 Å². The van der Waals surface area contributed by atoms with Gasteiger partial charge in [-0.05, 0) is 30.5 Å². The first-order valence-electron chi connectivity index (χ1n) is 6.86. The highest BCUT2D eigenvalue weighted by Gasteiger charge is 2.38. The Labute approximate surface area is 132 Å². The summed E-state index contributed by atoms with van der Waals surface area (Å²) in [6.07, 6.45) is 0.649. The van der Waals surface area contributed by atoms with E-state index in [2.05, 4.69) is 21.2 Å². The minimum Gasteiger partial charge on any atom is -0.496 e. The number of urea groups is 1. The molecule has 0 bridgehead atoms. The van der Waals surface area contributed by atoms with Crippen molar-refractivity contribution in [3.63, 3.8) is 0 Å². The van der Waals surface area contributed by atoms with Crippen LogP contribution in [0, 0.1) is 5.92 Å². The second-order valence-corrected chi connectivity index (χ2v) is 6.43. The summed E-state index contributed by atoms with van der Waals surface area (Å²) >= 11 is 3.39. The molecule has 1 fully saturated rings. The minimum atomic E-state index is -0.421. The summed E-state index contributed by atoms with van der Waals surface area (Å²) in [6.45, 7) is 4.26. The summed E-state index contributed by atoms with van der Waals surface area (Å²) in [5.41, 5.74) is 0.792. The van der Waals surface area contributed by atoms with E-state index in [1.54, 1.807) is 7.11 Å². The number of hydrogen-bond acceptors (Lipinski definition) is 3. The number of ether oxygens (including phenoxy) is 1. The van der Waals surface area contributed by atoms with Crippen LogP contribution in [0.2, 0.25) is 0 Å². The highest BCUT2D eigenvalue weighted by atomic mass is 79.9. The first-order chi connectivity index (χ1) is 9.92. The van der Waals surface area contributed by atoms with Gasteiger partial charge in [0.15, 0.2) is 0 Å². The monoisotopic (exact) mass is 354 g/mol. The first-order valence-corrected chi connectivity index (χ1v) is 7.66. The fourth-order valence-corrected chi connectivity index (χ4v) is 2.81. The average molecular weight is 355 g/mol. The molecule has 2 rings (SSSR count). The summed E-state index contributed by atoms with van der Waals surface area (Å²) in [7, 11) is 1.57. The van der Waals surface area contributed by atoms with Crippen LogP contribution in [0.4, 0.5) is 4.79 Å². The predicted octanol–water partition coefficient (Wildman–Crippen LogP) is 2.92. The van der Waals surface area contributed by atoms with Crippen molar-refractivity contribution in [2.45, 2.75) is 32.9 Å². The standard InChI is InChI=1S/C15H19BrN2O3/c1-9(2)6-12-14(19)18(15(20)17-12)8-10-7-11(16)4-5-13(10)21-3/h4-5,7,9,12H,6,8H2,1-3H3,(H,17,20). The number of imide groups is 1. The van der Waals surface area contributed by atoms with Crippen LogP contribution < -0.4 is 10.1 Å². The van der Waals surface area contributed by atoms with Gasteiger partial charge in [0.05, 0.1) is 13.7 Å². The van der Waals surface area contributed by atoms with E-state index < -0.39 is 6.04 Å². The van der Waals surface area contributed by atoms with Gasteiger partial charge in [-0.15, -0.1) is 0 Å². The molecule has 1 heterocycles. The van der Waals surface area contributed by atoms with E-state index in [1.165, 1.54) is 4.90 Å². The van der Waals surface area contributed by atoms with Crippen LogP contribution >= 0.6 is 15.9 Å². The summed E-state index contributed by atoms with van der Waals surface area (Å²) < 4.78 is 6.16. The number of methoxy groups -OCH3 is 1. The SMILES string of the molecule is COc1ccc(Br)cc1CN1C(=O)NC(CC(C)C)C1=O. The highest BCUT2D eigenvalue weighted by Crippen LogP contribution is 2.26. The number of benzene rings is 1. The fourth-order valence-electron chi connectivity index (χ4n) is 2.40. The van der Waals surface area contributed by atoms with Crippen molar-refractivity contribution in [1.82, 2.24) is 10.2 Å². The van der Waals surface area contributed by atoms with Crippen molar-refractivity contribution in [3.8, 4) is 5.75 Å². The molecule has 1 N–H and O–H groups in total. The number of nitrogens with one attached hydrogen (secondary N) is 1. The molecule has 0 spiro atoms. The van der Waals surface area contributed by atoms with Gasteiger partial charge in [-0.25, -0.2) is 4.79 Å². The molecule has 21 heavy (non-hydrogen) atoms. The summed E-state index contributed by atoms with van der Waals surface area (Å²) in [6, 6.07) is 4.76. The molecule has 0 aliphatic carbocycles. The molecule has 1 unspecified atom stereocenters. The fraction of sp³-hybridized carbons (Fsp3) is 0.467. The molecule has 1 aliphatic rings. The van der Waals surface area contributed by atoms with E-state index in [0.717, 1.165) is 10.0 Å². The second-order valence-electron chi connectivity index (χ2n) is 5.51. The quantitative estimate of drug-likeness (QED) is 0.827. The lowest BCUT2D eigenvalue weighted by Crippen LogP contribution is -2.31. The topological polar surface area (TPSA) is 58.6 Å². The van der Waals surface area contributed by atoms with Crippen LogP contribution in [-0.2, 0) is 11.3 Å². The number of hydrogen-bond donors (Lipinski definition) is 1. The van der Waals surface area contributed by atoms with Gasteiger partial charge in [0, 0.05) is 10.0 Å². The zero-order valence-electron chi connectivity index (χ0n) is 12.4.